The molecule has 0 fully saturated rings. The molecule has 0 unspecified atom stereocenters. The van der Waals surface area contributed by atoms with Crippen molar-refractivity contribution in [2.75, 3.05) is 0 Å². The molecule has 0 radical (unpaired) electrons. The van der Waals surface area contributed by atoms with Crippen LogP contribution in [0.25, 0.3) is 0 Å². The SMILES string of the molecule is ClCc1cc(CCl)c(CCl)cc1CCl. The van der Waals surface area contributed by atoms with Crippen LogP contribution in [0.3, 0.4) is 0 Å². The van der Waals surface area contributed by atoms with E-state index < -0.39 is 0 Å². The van der Waals surface area contributed by atoms with Crippen molar-refractivity contribution in [2.45, 2.75) is 23.5 Å². The highest BCUT2D eigenvalue weighted by atomic mass is 35.5. The van der Waals surface area contributed by atoms with Gasteiger partial charge in [0.25, 0.3) is 0 Å². The molecule has 1 rings (SSSR count). The zero-order valence-electron chi connectivity index (χ0n) is 7.49. The predicted molar refractivity (Wildman–Crippen MR) is 64.7 cm³/mol. The summed E-state index contributed by atoms with van der Waals surface area (Å²) in [5.74, 6) is 1.81. The molecule has 1 aromatic rings. The summed E-state index contributed by atoms with van der Waals surface area (Å²) in [6, 6.07) is 3.96. The minimum Gasteiger partial charge on any atom is -0.122 e. The molecule has 0 N–H and O–H groups in total. The van der Waals surface area contributed by atoms with E-state index in [0.717, 1.165) is 22.3 Å². The van der Waals surface area contributed by atoms with Crippen LogP contribution in [-0.2, 0) is 23.5 Å². The quantitative estimate of drug-likeness (QED) is 0.700. The fraction of sp³-hybridized carbons (Fsp3) is 0.400. The molecule has 0 saturated heterocycles. The Hall–Kier alpha value is 0.380. The van der Waals surface area contributed by atoms with Gasteiger partial charge in [0, 0.05) is 23.5 Å². The second kappa shape index (κ2) is 6.07. The van der Waals surface area contributed by atoms with E-state index in [2.05, 4.69) is 0 Å². The molecule has 0 spiro atoms. The summed E-state index contributed by atoms with van der Waals surface area (Å²) in [5, 5.41) is 0. The number of halogens is 4. The van der Waals surface area contributed by atoms with Gasteiger partial charge in [0.05, 0.1) is 0 Å². The lowest BCUT2D eigenvalue weighted by Gasteiger charge is -2.10. The standard InChI is InChI=1S/C10H10Cl4/c11-3-7-1-8(4-12)10(6-14)2-9(7)5-13/h1-2H,3-6H2. The topological polar surface area (TPSA) is 0 Å². The zero-order valence-corrected chi connectivity index (χ0v) is 10.5. The monoisotopic (exact) mass is 270 g/mol. The summed E-state index contributed by atoms with van der Waals surface area (Å²) in [6.07, 6.45) is 0. The Kier molecular flexibility index (Phi) is 5.40. The van der Waals surface area contributed by atoms with E-state index in [1.807, 2.05) is 12.1 Å². The van der Waals surface area contributed by atoms with Crippen molar-refractivity contribution >= 4 is 46.4 Å². The average Bonchev–Trinajstić information content (AvgIpc) is 2.26. The Labute approximate surface area is 104 Å². The second-order valence-corrected chi connectivity index (χ2v) is 3.99. The van der Waals surface area contributed by atoms with Gasteiger partial charge in [0.15, 0.2) is 0 Å². The van der Waals surface area contributed by atoms with Gasteiger partial charge in [-0.15, -0.1) is 46.4 Å². The predicted octanol–water partition coefficient (Wildman–Crippen LogP) is 4.64. The number of benzene rings is 1. The smallest absolute Gasteiger partial charge is 0.0477 e. The molecule has 14 heavy (non-hydrogen) atoms. The fourth-order valence-electron chi connectivity index (χ4n) is 1.29. The van der Waals surface area contributed by atoms with Crippen molar-refractivity contribution in [3.8, 4) is 0 Å². The van der Waals surface area contributed by atoms with Gasteiger partial charge in [-0.3, -0.25) is 0 Å². The van der Waals surface area contributed by atoms with Crippen LogP contribution in [-0.4, -0.2) is 0 Å². The molecule has 0 aliphatic rings. The van der Waals surface area contributed by atoms with Gasteiger partial charge in [-0.2, -0.15) is 0 Å². The van der Waals surface area contributed by atoms with Crippen molar-refractivity contribution in [2.24, 2.45) is 0 Å². The van der Waals surface area contributed by atoms with Crippen LogP contribution < -0.4 is 0 Å². The molecule has 0 aromatic heterocycles. The maximum Gasteiger partial charge on any atom is 0.0477 e. The number of rotatable bonds is 4. The molecule has 0 nitrogen and oxygen atoms in total. The average molecular weight is 272 g/mol. The van der Waals surface area contributed by atoms with E-state index in [4.69, 9.17) is 46.4 Å². The van der Waals surface area contributed by atoms with Crippen molar-refractivity contribution in [3.05, 3.63) is 34.4 Å². The largest absolute Gasteiger partial charge is 0.122 e. The van der Waals surface area contributed by atoms with Gasteiger partial charge >= 0.3 is 0 Å². The molecule has 78 valence electrons. The van der Waals surface area contributed by atoms with Crippen LogP contribution in [0, 0.1) is 0 Å². The molecular weight excluding hydrogens is 262 g/mol. The zero-order chi connectivity index (χ0) is 10.6. The molecule has 0 heterocycles. The highest BCUT2D eigenvalue weighted by Gasteiger charge is 2.07. The first-order valence-corrected chi connectivity index (χ1v) is 6.28. The van der Waals surface area contributed by atoms with Gasteiger partial charge in [-0.1, -0.05) is 12.1 Å². The molecule has 0 bridgehead atoms. The summed E-state index contributed by atoms with van der Waals surface area (Å²) in [7, 11) is 0. The first-order valence-electron chi connectivity index (χ1n) is 4.14. The summed E-state index contributed by atoms with van der Waals surface area (Å²) in [4.78, 5) is 0. The molecule has 4 heteroatoms. The van der Waals surface area contributed by atoms with Crippen LogP contribution in [0.2, 0.25) is 0 Å². The van der Waals surface area contributed by atoms with Crippen molar-refractivity contribution in [1.29, 1.82) is 0 Å². The Bertz CT molecular complexity index is 251. The summed E-state index contributed by atoms with van der Waals surface area (Å²) in [6.45, 7) is 0. The van der Waals surface area contributed by atoms with E-state index in [0.29, 0.717) is 23.5 Å². The Morgan fingerprint density at radius 1 is 0.571 bits per heavy atom. The van der Waals surface area contributed by atoms with Crippen LogP contribution in [0.4, 0.5) is 0 Å². The normalized spacial score (nSPS) is 10.6. The number of alkyl halides is 4. The van der Waals surface area contributed by atoms with E-state index in [1.165, 1.54) is 0 Å². The van der Waals surface area contributed by atoms with Crippen molar-refractivity contribution in [1.82, 2.24) is 0 Å². The summed E-state index contributed by atoms with van der Waals surface area (Å²) < 4.78 is 0. The molecule has 0 aliphatic carbocycles. The summed E-state index contributed by atoms with van der Waals surface area (Å²) >= 11 is 23.2. The first kappa shape index (κ1) is 12.4. The lowest BCUT2D eigenvalue weighted by atomic mass is 10.0. The highest BCUT2D eigenvalue weighted by molar-refractivity contribution is 6.20. The molecule has 0 aliphatic heterocycles. The van der Waals surface area contributed by atoms with Gasteiger partial charge in [-0.25, -0.2) is 0 Å². The second-order valence-electron chi connectivity index (χ2n) is 2.92. The number of hydrogen-bond acceptors (Lipinski definition) is 0. The van der Waals surface area contributed by atoms with Crippen LogP contribution in [0.15, 0.2) is 12.1 Å². The maximum atomic E-state index is 5.80. The molecular formula is C10H10Cl4. The highest BCUT2D eigenvalue weighted by Crippen LogP contribution is 2.23. The van der Waals surface area contributed by atoms with Gasteiger partial charge in [0.1, 0.15) is 0 Å². The van der Waals surface area contributed by atoms with E-state index in [9.17, 15) is 0 Å². The van der Waals surface area contributed by atoms with Crippen molar-refractivity contribution in [3.63, 3.8) is 0 Å². The lowest BCUT2D eigenvalue weighted by Crippen LogP contribution is -1.96. The van der Waals surface area contributed by atoms with Crippen LogP contribution in [0.1, 0.15) is 22.3 Å². The first-order chi connectivity index (χ1) is 6.76. The third kappa shape index (κ3) is 2.70. The fourth-order valence-corrected chi connectivity index (χ4v) is 2.28. The van der Waals surface area contributed by atoms with E-state index in [1.54, 1.807) is 0 Å². The number of hydrogen-bond donors (Lipinski definition) is 0. The molecule has 0 atom stereocenters. The van der Waals surface area contributed by atoms with E-state index >= 15 is 0 Å². The van der Waals surface area contributed by atoms with Gasteiger partial charge < -0.3 is 0 Å². The Morgan fingerprint density at radius 3 is 0.929 bits per heavy atom. The molecule has 1 aromatic carbocycles. The Balaban J connectivity index is 3.20. The molecule has 0 amide bonds. The van der Waals surface area contributed by atoms with Crippen molar-refractivity contribution < 1.29 is 0 Å². The van der Waals surface area contributed by atoms with E-state index in [-0.39, 0.29) is 0 Å². The third-order valence-corrected chi connectivity index (χ3v) is 3.25. The third-order valence-electron chi connectivity index (χ3n) is 2.10. The van der Waals surface area contributed by atoms with Crippen LogP contribution >= 0.6 is 46.4 Å². The summed E-state index contributed by atoms with van der Waals surface area (Å²) in [5.41, 5.74) is 4.13. The maximum absolute atomic E-state index is 5.80. The lowest BCUT2D eigenvalue weighted by molar-refractivity contribution is 1.17. The van der Waals surface area contributed by atoms with Crippen LogP contribution in [0.5, 0.6) is 0 Å². The van der Waals surface area contributed by atoms with Gasteiger partial charge in [-0.05, 0) is 22.3 Å². The minimum atomic E-state index is 0.453. The Morgan fingerprint density at radius 2 is 0.786 bits per heavy atom. The molecule has 0 saturated carbocycles. The minimum absolute atomic E-state index is 0.453. The van der Waals surface area contributed by atoms with Gasteiger partial charge in [0.2, 0.25) is 0 Å².